The molecule has 1 fully saturated rings. The molecule has 0 bridgehead atoms. The SMILES string of the molecule is Fc1ccc(Cl)cc1Nc1nnc(CNC2CC2)o1. The molecule has 0 saturated heterocycles. The summed E-state index contributed by atoms with van der Waals surface area (Å²) in [6, 6.07) is 4.92. The van der Waals surface area contributed by atoms with Crippen molar-refractivity contribution in [2.75, 3.05) is 5.32 Å². The van der Waals surface area contributed by atoms with Gasteiger partial charge < -0.3 is 15.1 Å². The summed E-state index contributed by atoms with van der Waals surface area (Å²) in [4.78, 5) is 0. The van der Waals surface area contributed by atoms with Crippen LogP contribution in [0.25, 0.3) is 0 Å². The second-order valence-corrected chi connectivity index (χ2v) is 4.84. The smallest absolute Gasteiger partial charge is 0.320 e. The van der Waals surface area contributed by atoms with Crippen molar-refractivity contribution in [3.05, 3.63) is 34.9 Å². The Labute approximate surface area is 114 Å². The number of aromatic nitrogens is 2. The van der Waals surface area contributed by atoms with E-state index in [1.807, 2.05) is 0 Å². The van der Waals surface area contributed by atoms with Crippen molar-refractivity contribution in [2.45, 2.75) is 25.4 Å². The fourth-order valence-corrected chi connectivity index (χ4v) is 1.78. The Balaban J connectivity index is 1.66. The van der Waals surface area contributed by atoms with Crippen molar-refractivity contribution in [3.8, 4) is 0 Å². The summed E-state index contributed by atoms with van der Waals surface area (Å²) in [7, 11) is 0. The lowest BCUT2D eigenvalue weighted by Gasteiger charge is -2.03. The average Bonchev–Trinajstić information content (AvgIpc) is 3.12. The van der Waals surface area contributed by atoms with E-state index in [-0.39, 0.29) is 11.7 Å². The maximum Gasteiger partial charge on any atom is 0.320 e. The van der Waals surface area contributed by atoms with Crippen LogP contribution in [0.1, 0.15) is 18.7 Å². The molecule has 1 aromatic carbocycles. The Bertz CT molecular complexity index is 585. The van der Waals surface area contributed by atoms with Crippen molar-refractivity contribution in [3.63, 3.8) is 0 Å². The minimum atomic E-state index is -0.430. The molecule has 100 valence electrons. The zero-order valence-electron chi connectivity index (χ0n) is 9.99. The van der Waals surface area contributed by atoms with Crippen molar-refractivity contribution >= 4 is 23.3 Å². The molecular formula is C12H12ClFN4O. The van der Waals surface area contributed by atoms with Crippen LogP contribution >= 0.6 is 11.6 Å². The number of hydrogen-bond acceptors (Lipinski definition) is 5. The van der Waals surface area contributed by atoms with Gasteiger partial charge in [0.25, 0.3) is 0 Å². The fraction of sp³-hybridized carbons (Fsp3) is 0.333. The van der Waals surface area contributed by atoms with Crippen molar-refractivity contribution in [1.82, 2.24) is 15.5 Å². The molecule has 2 N–H and O–H groups in total. The van der Waals surface area contributed by atoms with Gasteiger partial charge in [0.2, 0.25) is 5.89 Å². The number of nitrogens with zero attached hydrogens (tertiary/aromatic N) is 2. The van der Waals surface area contributed by atoms with Gasteiger partial charge in [-0.2, -0.15) is 0 Å². The lowest BCUT2D eigenvalue weighted by Crippen LogP contribution is -2.15. The highest BCUT2D eigenvalue weighted by molar-refractivity contribution is 6.30. The van der Waals surface area contributed by atoms with Crippen LogP contribution in [0.4, 0.5) is 16.1 Å². The van der Waals surface area contributed by atoms with Crippen LogP contribution in [0.3, 0.4) is 0 Å². The monoisotopic (exact) mass is 282 g/mol. The van der Waals surface area contributed by atoms with Crippen LogP contribution in [0, 0.1) is 5.82 Å². The Hall–Kier alpha value is -1.66. The molecule has 0 unspecified atom stereocenters. The molecule has 0 spiro atoms. The maximum atomic E-state index is 13.5. The summed E-state index contributed by atoms with van der Waals surface area (Å²) >= 11 is 5.80. The predicted molar refractivity (Wildman–Crippen MR) is 68.9 cm³/mol. The van der Waals surface area contributed by atoms with E-state index in [4.69, 9.17) is 16.0 Å². The van der Waals surface area contributed by atoms with E-state index in [0.717, 1.165) is 0 Å². The number of benzene rings is 1. The minimum Gasteiger partial charge on any atom is -0.406 e. The van der Waals surface area contributed by atoms with Gasteiger partial charge >= 0.3 is 6.01 Å². The Kier molecular flexibility index (Phi) is 3.35. The summed E-state index contributed by atoms with van der Waals surface area (Å²) in [5, 5.41) is 14.1. The highest BCUT2D eigenvalue weighted by atomic mass is 35.5. The Morgan fingerprint density at radius 1 is 1.37 bits per heavy atom. The molecule has 5 nitrogen and oxygen atoms in total. The van der Waals surface area contributed by atoms with Gasteiger partial charge in [0.15, 0.2) is 0 Å². The molecule has 3 rings (SSSR count). The first-order valence-electron chi connectivity index (χ1n) is 5.98. The largest absolute Gasteiger partial charge is 0.406 e. The summed E-state index contributed by atoms with van der Waals surface area (Å²) in [6.45, 7) is 0.525. The molecule has 0 amide bonds. The molecule has 2 aromatic rings. The topological polar surface area (TPSA) is 63.0 Å². The van der Waals surface area contributed by atoms with E-state index in [9.17, 15) is 4.39 Å². The molecule has 1 aliphatic rings. The van der Waals surface area contributed by atoms with E-state index >= 15 is 0 Å². The number of halogens is 2. The standard InChI is InChI=1S/C12H12ClFN4O/c13-7-1-4-9(14)10(5-7)16-12-18-17-11(19-12)6-15-8-2-3-8/h1,4-5,8,15H,2-3,6H2,(H,16,18). The fourth-order valence-electron chi connectivity index (χ4n) is 1.60. The third-order valence-corrected chi connectivity index (χ3v) is 2.99. The number of nitrogens with one attached hydrogen (secondary N) is 2. The van der Waals surface area contributed by atoms with Crippen LogP contribution in [0.15, 0.2) is 22.6 Å². The number of anilines is 2. The van der Waals surface area contributed by atoms with Gasteiger partial charge in [-0.3, -0.25) is 0 Å². The van der Waals surface area contributed by atoms with Crippen molar-refractivity contribution < 1.29 is 8.81 Å². The number of rotatable bonds is 5. The van der Waals surface area contributed by atoms with Gasteiger partial charge in [-0.05, 0) is 31.0 Å². The molecule has 0 aliphatic heterocycles. The van der Waals surface area contributed by atoms with E-state index in [1.165, 1.54) is 31.0 Å². The van der Waals surface area contributed by atoms with Crippen molar-refractivity contribution in [2.24, 2.45) is 0 Å². The molecule has 1 aromatic heterocycles. The van der Waals surface area contributed by atoms with Gasteiger partial charge in [-0.15, -0.1) is 5.10 Å². The summed E-state index contributed by atoms with van der Waals surface area (Å²) < 4.78 is 18.9. The lowest BCUT2D eigenvalue weighted by atomic mass is 10.3. The average molecular weight is 283 g/mol. The van der Waals surface area contributed by atoms with Gasteiger partial charge in [0.1, 0.15) is 5.82 Å². The zero-order chi connectivity index (χ0) is 13.2. The minimum absolute atomic E-state index is 0.147. The van der Waals surface area contributed by atoms with Crippen LogP contribution in [-0.4, -0.2) is 16.2 Å². The maximum absolute atomic E-state index is 13.5. The molecule has 0 radical (unpaired) electrons. The van der Waals surface area contributed by atoms with Gasteiger partial charge in [-0.1, -0.05) is 16.7 Å². The van der Waals surface area contributed by atoms with E-state index < -0.39 is 5.82 Å². The summed E-state index contributed by atoms with van der Waals surface area (Å²) in [6.07, 6.45) is 2.37. The third-order valence-electron chi connectivity index (χ3n) is 2.76. The van der Waals surface area contributed by atoms with Crippen LogP contribution < -0.4 is 10.6 Å². The van der Waals surface area contributed by atoms with Crippen molar-refractivity contribution in [1.29, 1.82) is 0 Å². The molecule has 1 saturated carbocycles. The third kappa shape index (κ3) is 3.21. The van der Waals surface area contributed by atoms with E-state index in [0.29, 0.717) is 23.5 Å². The summed E-state index contributed by atoms with van der Waals surface area (Å²) in [5.74, 6) is 0.0390. The Morgan fingerprint density at radius 2 is 2.21 bits per heavy atom. The second kappa shape index (κ2) is 5.14. The molecule has 0 atom stereocenters. The quantitative estimate of drug-likeness (QED) is 0.883. The Morgan fingerprint density at radius 3 is 3.00 bits per heavy atom. The van der Waals surface area contributed by atoms with Crippen LogP contribution in [-0.2, 0) is 6.54 Å². The molecule has 19 heavy (non-hydrogen) atoms. The molecule has 7 heteroatoms. The van der Waals surface area contributed by atoms with Gasteiger partial charge in [0.05, 0.1) is 12.2 Å². The first kappa shape index (κ1) is 12.4. The molecule has 1 aliphatic carbocycles. The van der Waals surface area contributed by atoms with E-state index in [2.05, 4.69) is 20.8 Å². The number of hydrogen-bond donors (Lipinski definition) is 2. The van der Waals surface area contributed by atoms with Crippen LogP contribution in [0.2, 0.25) is 5.02 Å². The first-order valence-corrected chi connectivity index (χ1v) is 6.36. The molecule has 1 heterocycles. The van der Waals surface area contributed by atoms with E-state index in [1.54, 1.807) is 0 Å². The first-order chi connectivity index (χ1) is 9.20. The second-order valence-electron chi connectivity index (χ2n) is 4.41. The normalized spacial score (nSPS) is 14.6. The predicted octanol–water partition coefficient (Wildman–Crippen LogP) is 2.86. The lowest BCUT2D eigenvalue weighted by molar-refractivity contribution is 0.478. The molecular weight excluding hydrogens is 271 g/mol. The highest BCUT2D eigenvalue weighted by Gasteiger charge is 2.21. The highest BCUT2D eigenvalue weighted by Crippen LogP contribution is 2.23. The zero-order valence-corrected chi connectivity index (χ0v) is 10.7. The van der Waals surface area contributed by atoms with Gasteiger partial charge in [-0.25, -0.2) is 4.39 Å². The van der Waals surface area contributed by atoms with Crippen LogP contribution in [0.5, 0.6) is 0 Å². The summed E-state index contributed by atoms with van der Waals surface area (Å²) in [5.41, 5.74) is 0.206. The van der Waals surface area contributed by atoms with Gasteiger partial charge in [0, 0.05) is 11.1 Å².